The molecule has 176 valence electrons. The van der Waals surface area contributed by atoms with Crippen molar-refractivity contribution in [3.63, 3.8) is 0 Å². The van der Waals surface area contributed by atoms with E-state index in [2.05, 4.69) is 22.4 Å². The summed E-state index contributed by atoms with van der Waals surface area (Å²) in [6.07, 6.45) is 0. The van der Waals surface area contributed by atoms with E-state index < -0.39 is 12.0 Å². The van der Waals surface area contributed by atoms with Crippen LogP contribution in [0.3, 0.4) is 0 Å². The fraction of sp³-hybridized carbons (Fsp3) is 0.148. The van der Waals surface area contributed by atoms with Crippen molar-refractivity contribution in [1.29, 1.82) is 0 Å². The van der Waals surface area contributed by atoms with Crippen molar-refractivity contribution < 1.29 is 14.3 Å². The predicted molar refractivity (Wildman–Crippen MR) is 135 cm³/mol. The molecule has 0 aliphatic carbocycles. The molecule has 0 radical (unpaired) electrons. The average Bonchev–Trinajstić information content (AvgIpc) is 3.30. The summed E-state index contributed by atoms with van der Waals surface area (Å²) in [5, 5.41) is 8.61. The lowest BCUT2D eigenvalue weighted by Crippen LogP contribution is -2.29. The number of ether oxygens (including phenoxy) is 2. The van der Waals surface area contributed by atoms with Crippen molar-refractivity contribution in [3.8, 4) is 11.5 Å². The summed E-state index contributed by atoms with van der Waals surface area (Å²) in [7, 11) is 1.38. The van der Waals surface area contributed by atoms with Crippen LogP contribution in [0.4, 0.5) is 5.95 Å². The van der Waals surface area contributed by atoms with Gasteiger partial charge in [-0.25, -0.2) is 9.48 Å². The number of carbonyl (C=O) groups is 1. The van der Waals surface area contributed by atoms with Crippen LogP contribution in [0.1, 0.15) is 24.1 Å². The van der Waals surface area contributed by atoms with Crippen molar-refractivity contribution in [3.05, 3.63) is 107 Å². The fourth-order valence-corrected chi connectivity index (χ4v) is 4.75. The molecule has 1 N–H and O–H groups in total. The Morgan fingerprint density at radius 3 is 2.46 bits per heavy atom. The molecule has 1 aromatic heterocycles. The summed E-state index contributed by atoms with van der Waals surface area (Å²) in [5.41, 5.74) is 3.17. The van der Waals surface area contributed by atoms with E-state index in [0.29, 0.717) is 28.1 Å². The van der Waals surface area contributed by atoms with Crippen LogP contribution in [0.2, 0.25) is 0 Å². The van der Waals surface area contributed by atoms with E-state index >= 15 is 0 Å². The summed E-state index contributed by atoms with van der Waals surface area (Å²) in [4.78, 5) is 17.5. The Hall–Kier alpha value is -4.04. The standard InChI is InChI=1S/C27H24N4O3S/c1-18-23(25(32)33-2)24(20-12-9-15-22(16-20)34-21-13-7-4-8-14-21)31-26(28-18)29-27(30-31)35-17-19-10-5-3-6-11-19/h3-16,24H,17H2,1-2H3,(H,28,29,30). The lowest BCUT2D eigenvalue weighted by molar-refractivity contribution is -0.136. The number of anilines is 1. The number of hydrogen-bond acceptors (Lipinski definition) is 7. The van der Waals surface area contributed by atoms with Crippen LogP contribution in [-0.2, 0) is 15.3 Å². The van der Waals surface area contributed by atoms with Gasteiger partial charge < -0.3 is 14.8 Å². The summed E-state index contributed by atoms with van der Waals surface area (Å²) in [6, 6.07) is 26.9. The minimum absolute atomic E-state index is 0.422. The van der Waals surface area contributed by atoms with Gasteiger partial charge in [-0.15, -0.1) is 5.10 Å². The Labute approximate surface area is 207 Å². The molecule has 1 aliphatic rings. The number of carbonyl (C=O) groups excluding carboxylic acids is 1. The highest BCUT2D eigenvalue weighted by Crippen LogP contribution is 2.38. The van der Waals surface area contributed by atoms with Crippen molar-refractivity contribution in [2.24, 2.45) is 0 Å². The first-order chi connectivity index (χ1) is 17.1. The van der Waals surface area contributed by atoms with Gasteiger partial charge in [0.15, 0.2) is 0 Å². The third-order valence-corrected chi connectivity index (χ3v) is 6.51. The van der Waals surface area contributed by atoms with Crippen molar-refractivity contribution in [2.75, 3.05) is 12.4 Å². The van der Waals surface area contributed by atoms with E-state index in [4.69, 9.17) is 14.6 Å². The number of aromatic nitrogens is 3. The smallest absolute Gasteiger partial charge is 0.338 e. The molecule has 8 heteroatoms. The minimum atomic E-state index is -0.517. The zero-order chi connectivity index (χ0) is 24.2. The quantitative estimate of drug-likeness (QED) is 0.261. The number of esters is 1. The highest BCUT2D eigenvalue weighted by molar-refractivity contribution is 7.98. The Morgan fingerprint density at radius 2 is 1.71 bits per heavy atom. The summed E-state index contributed by atoms with van der Waals surface area (Å²) < 4.78 is 12.9. The second kappa shape index (κ2) is 10.1. The molecule has 1 aliphatic heterocycles. The molecule has 5 rings (SSSR count). The van der Waals surface area contributed by atoms with Gasteiger partial charge in [-0.3, -0.25) is 0 Å². The molecule has 1 atom stereocenters. The van der Waals surface area contributed by atoms with E-state index in [0.717, 1.165) is 17.1 Å². The number of benzene rings is 3. The second-order valence-corrected chi connectivity index (χ2v) is 8.92. The van der Waals surface area contributed by atoms with Gasteiger partial charge in [0.2, 0.25) is 11.1 Å². The fourth-order valence-electron chi connectivity index (χ4n) is 3.97. The Bertz CT molecular complexity index is 1370. The third-order valence-electron chi connectivity index (χ3n) is 5.60. The van der Waals surface area contributed by atoms with Crippen LogP contribution in [-0.4, -0.2) is 27.8 Å². The number of hydrogen-bond donors (Lipinski definition) is 1. The number of nitrogens with zero attached hydrogens (tertiary/aromatic N) is 3. The number of nitrogens with one attached hydrogen (secondary N) is 1. The molecule has 2 heterocycles. The highest BCUT2D eigenvalue weighted by atomic mass is 32.2. The Morgan fingerprint density at radius 1 is 1.00 bits per heavy atom. The number of fused-ring (bicyclic) bond motifs is 1. The normalized spacial score (nSPS) is 14.7. The number of para-hydroxylation sites is 1. The Balaban J connectivity index is 1.50. The summed E-state index contributed by atoms with van der Waals surface area (Å²) >= 11 is 1.54. The molecular weight excluding hydrogens is 460 g/mol. The second-order valence-electron chi connectivity index (χ2n) is 7.98. The maximum Gasteiger partial charge on any atom is 0.338 e. The molecule has 0 bridgehead atoms. The molecule has 4 aromatic rings. The lowest BCUT2D eigenvalue weighted by atomic mass is 9.95. The molecule has 0 saturated carbocycles. The number of allylic oxidation sites excluding steroid dienone is 1. The van der Waals surface area contributed by atoms with Gasteiger partial charge in [-0.2, -0.15) is 4.98 Å². The van der Waals surface area contributed by atoms with Gasteiger partial charge in [-0.05, 0) is 42.3 Å². The van der Waals surface area contributed by atoms with Crippen molar-refractivity contribution in [1.82, 2.24) is 14.8 Å². The van der Waals surface area contributed by atoms with Gasteiger partial charge in [0, 0.05) is 11.4 Å². The van der Waals surface area contributed by atoms with Crippen LogP contribution in [0.25, 0.3) is 0 Å². The minimum Gasteiger partial charge on any atom is -0.466 e. The first-order valence-corrected chi connectivity index (χ1v) is 12.1. The summed E-state index contributed by atoms with van der Waals surface area (Å²) in [6.45, 7) is 1.85. The monoisotopic (exact) mass is 484 g/mol. The molecule has 0 spiro atoms. The first-order valence-electron chi connectivity index (χ1n) is 11.1. The average molecular weight is 485 g/mol. The van der Waals surface area contributed by atoms with Crippen LogP contribution >= 0.6 is 11.8 Å². The lowest BCUT2D eigenvalue weighted by Gasteiger charge is -2.28. The van der Waals surface area contributed by atoms with Gasteiger partial charge in [-0.1, -0.05) is 72.4 Å². The van der Waals surface area contributed by atoms with E-state index in [-0.39, 0.29) is 0 Å². The van der Waals surface area contributed by atoms with Gasteiger partial charge in [0.1, 0.15) is 17.5 Å². The number of thioether (sulfide) groups is 1. The van der Waals surface area contributed by atoms with E-state index in [1.807, 2.05) is 79.7 Å². The zero-order valence-electron chi connectivity index (χ0n) is 19.3. The van der Waals surface area contributed by atoms with E-state index in [1.165, 1.54) is 12.7 Å². The van der Waals surface area contributed by atoms with Crippen LogP contribution < -0.4 is 10.1 Å². The van der Waals surface area contributed by atoms with E-state index in [9.17, 15) is 4.79 Å². The zero-order valence-corrected chi connectivity index (χ0v) is 20.2. The van der Waals surface area contributed by atoms with Gasteiger partial charge in [0.25, 0.3) is 0 Å². The topological polar surface area (TPSA) is 78.3 Å². The van der Waals surface area contributed by atoms with E-state index in [1.54, 1.807) is 16.4 Å². The maximum atomic E-state index is 12.8. The predicted octanol–water partition coefficient (Wildman–Crippen LogP) is 5.82. The van der Waals surface area contributed by atoms with Crippen molar-refractivity contribution >= 4 is 23.7 Å². The van der Waals surface area contributed by atoms with Gasteiger partial charge >= 0.3 is 5.97 Å². The largest absolute Gasteiger partial charge is 0.466 e. The molecule has 7 nitrogen and oxygen atoms in total. The first kappa shape index (κ1) is 22.7. The summed E-state index contributed by atoms with van der Waals surface area (Å²) in [5.74, 6) is 2.29. The van der Waals surface area contributed by atoms with Crippen LogP contribution in [0.15, 0.2) is 101 Å². The van der Waals surface area contributed by atoms with Crippen LogP contribution in [0, 0.1) is 0 Å². The van der Waals surface area contributed by atoms with Gasteiger partial charge in [0.05, 0.1) is 12.7 Å². The molecule has 0 saturated heterocycles. The number of methoxy groups -OCH3 is 1. The SMILES string of the molecule is COC(=O)C1=C(C)Nc2nc(SCc3ccccc3)nn2C1c1cccc(Oc2ccccc2)c1. The van der Waals surface area contributed by atoms with Crippen LogP contribution in [0.5, 0.6) is 11.5 Å². The molecule has 0 amide bonds. The molecule has 0 fully saturated rings. The Kier molecular flexibility index (Phi) is 6.54. The maximum absolute atomic E-state index is 12.8. The molecule has 1 unspecified atom stereocenters. The number of rotatable bonds is 7. The molecular formula is C27H24N4O3S. The van der Waals surface area contributed by atoms with Crippen molar-refractivity contribution in [2.45, 2.75) is 23.9 Å². The molecule has 3 aromatic carbocycles. The highest BCUT2D eigenvalue weighted by Gasteiger charge is 2.35. The third kappa shape index (κ3) is 4.93. The molecule has 35 heavy (non-hydrogen) atoms.